The number of anilines is 1. The molecule has 0 saturated carbocycles. The topological polar surface area (TPSA) is 65.5 Å². The van der Waals surface area contributed by atoms with Gasteiger partial charge in [-0.3, -0.25) is 4.98 Å². The molecular weight excluding hydrogens is 400 g/mol. The van der Waals surface area contributed by atoms with Crippen molar-refractivity contribution < 1.29 is 4.79 Å². The van der Waals surface area contributed by atoms with Crippen LogP contribution in [0.3, 0.4) is 0 Å². The van der Waals surface area contributed by atoms with Crippen molar-refractivity contribution in [2.24, 2.45) is 0 Å². The van der Waals surface area contributed by atoms with E-state index in [4.69, 9.17) is 0 Å². The van der Waals surface area contributed by atoms with Gasteiger partial charge in [0, 0.05) is 67.5 Å². The monoisotopic (exact) mass is 429 g/mol. The zero-order chi connectivity index (χ0) is 22.1. The van der Waals surface area contributed by atoms with E-state index < -0.39 is 0 Å². The van der Waals surface area contributed by atoms with Crippen LogP contribution in [-0.4, -0.2) is 69.8 Å². The maximum absolute atomic E-state index is 13.0. The fourth-order valence-corrected chi connectivity index (χ4v) is 4.79. The first-order chi connectivity index (χ1) is 15.6. The highest BCUT2D eigenvalue weighted by Gasteiger charge is 2.32. The second-order valence-corrected chi connectivity index (χ2v) is 8.81. The van der Waals surface area contributed by atoms with Gasteiger partial charge in [-0.05, 0) is 44.7 Å². The van der Waals surface area contributed by atoms with Crippen molar-refractivity contribution in [3.63, 3.8) is 0 Å². The Kier molecular flexibility index (Phi) is 5.64. The third-order valence-electron chi connectivity index (χ3n) is 6.59. The maximum atomic E-state index is 13.0. The van der Waals surface area contributed by atoms with E-state index in [0.29, 0.717) is 6.54 Å². The van der Waals surface area contributed by atoms with Gasteiger partial charge < -0.3 is 14.7 Å². The zero-order valence-corrected chi connectivity index (χ0v) is 18.6. The van der Waals surface area contributed by atoms with Gasteiger partial charge in [0.05, 0.1) is 0 Å². The Hall–Kier alpha value is -3.22. The number of rotatable bonds is 2. The first kappa shape index (κ1) is 20.7. The minimum Gasteiger partial charge on any atom is -0.351 e. The van der Waals surface area contributed by atoms with Crippen molar-refractivity contribution in [3.05, 3.63) is 55.2 Å². The molecule has 5 rings (SSSR count). The number of amides is 2. The summed E-state index contributed by atoms with van der Waals surface area (Å²) in [5.41, 5.74) is 2.83. The van der Waals surface area contributed by atoms with E-state index >= 15 is 0 Å². The van der Waals surface area contributed by atoms with Crippen LogP contribution in [0.5, 0.6) is 0 Å². The highest BCUT2D eigenvalue weighted by atomic mass is 16.2. The molecule has 4 heterocycles. The summed E-state index contributed by atoms with van der Waals surface area (Å²) in [6.45, 7) is 10.00. The molecule has 2 aliphatic heterocycles. The van der Waals surface area contributed by atoms with Gasteiger partial charge >= 0.3 is 6.03 Å². The highest BCUT2D eigenvalue weighted by molar-refractivity contribution is 5.99. The number of nitrogens with zero attached hydrogens (tertiary/aromatic N) is 6. The number of aromatic nitrogens is 3. The van der Waals surface area contributed by atoms with Crippen molar-refractivity contribution >= 4 is 22.6 Å². The summed E-state index contributed by atoms with van der Waals surface area (Å²) >= 11 is 0. The van der Waals surface area contributed by atoms with Crippen molar-refractivity contribution in [2.75, 3.05) is 37.6 Å². The van der Waals surface area contributed by atoms with Gasteiger partial charge in [0.15, 0.2) is 5.82 Å². The van der Waals surface area contributed by atoms with E-state index in [1.165, 1.54) is 6.42 Å². The number of piperazine rings is 1. The van der Waals surface area contributed by atoms with E-state index in [1.807, 2.05) is 46.3 Å². The van der Waals surface area contributed by atoms with Gasteiger partial charge in [0.1, 0.15) is 5.69 Å². The molecule has 3 aromatic rings. The zero-order valence-electron chi connectivity index (χ0n) is 18.6. The second kappa shape index (κ2) is 8.73. The molecular formula is C25H29N6O. The number of fused-ring (bicyclic) bond motifs is 1. The van der Waals surface area contributed by atoms with Crippen molar-refractivity contribution in [3.8, 4) is 11.3 Å². The van der Waals surface area contributed by atoms with Gasteiger partial charge in [-0.25, -0.2) is 4.79 Å². The Morgan fingerprint density at radius 1 is 0.969 bits per heavy atom. The van der Waals surface area contributed by atoms with E-state index in [2.05, 4.69) is 33.9 Å². The SMILES string of the molecule is [CH2]c1ccc(-c2nnc(N3CCN(C(=O)N4CCCCC4)[C@@H](C)C3)c3cnccc23)cc1. The molecule has 0 N–H and O–H groups in total. The summed E-state index contributed by atoms with van der Waals surface area (Å²) in [6.07, 6.45) is 7.11. The third-order valence-corrected chi connectivity index (χ3v) is 6.59. The number of piperidine rings is 1. The third kappa shape index (κ3) is 3.87. The smallest absolute Gasteiger partial charge is 0.320 e. The average molecular weight is 430 g/mol. The molecule has 0 unspecified atom stereocenters. The minimum atomic E-state index is 0.107. The summed E-state index contributed by atoms with van der Waals surface area (Å²) in [7, 11) is 0. The summed E-state index contributed by atoms with van der Waals surface area (Å²) in [5.74, 6) is 0.836. The van der Waals surface area contributed by atoms with Gasteiger partial charge in [0.2, 0.25) is 0 Å². The van der Waals surface area contributed by atoms with E-state index in [0.717, 1.165) is 72.4 Å². The van der Waals surface area contributed by atoms with Crippen LogP contribution in [0.1, 0.15) is 31.7 Å². The van der Waals surface area contributed by atoms with Crippen molar-refractivity contribution in [1.29, 1.82) is 0 Å². The van der Waals surface area contributed by atoms with Crippen LogP contribution in [0.2, 0.25) is 0 Å². The van der Waals surface area contributed by atoms with Crippen LogP contribution in [0.25, 0.3) is 22.0 Å². The largest absolute Gasteiger partial charge is 0.351 e. The van der Waals surface area contributed by atoms with Crippen LogP contribution in [0.4, 0.5) is 10.6 Å². The predicted molar refractivity (Wildman–Crippen MR) is 126 cm³/mol. The number of pyridine rings is 1. The first-order valence-electron chi connectivity index (χ1n) is 11.4. The van der Waals surface area contributed by atoms with Crippen molar-refractivity contribution in [2.45, 2.75) is 32.2 Å². The van der Waals surface area contributed by atoms with Gasteiger partial charge in [-0.15, -0.1) is 10.2 Å². The normalized spacial score (nSPS) is 19.4. The molecule has 0 spiro atoms. The van der Waals surface area contributed by atoms with E-state index in [-0.39, 0.29) is 12.1 Å². The van der Waals surface area contributed by atoms with Crippen LogP contribution in [0.15, 0.2) is 42.7 Å². The Bertz CT molecular complexity index is 1110. The standard InChI is InChI=1S/C25H29N6O/c1-18-6-8-20(9-7-18)23-21-10-11-26-16-22(21)24(28-27-23)30-14-15-31(19(2)17-30)25(32)29-12-4-3-5-13-29/h6-11,16,19H,1,3-5,12-15,17H2,2H3/t19-/m0/s1. The lowest BCUT2D eigenvalue weighted by Gasteiger charge is -2.43. The first-order valence-corrected chi connectivity index (χ1v) is 11.4. The van der Waals surface area contributed by atoms with Crippen molar-refractivity contribution in [1.82, 2.24) is 25.0 Å². The number of hydrogen-bond acceptors (Lipinski definition) is 5. The second-order valence-electron chi connectivity index (χ2n) is 8.81. The molecule has 32 heavy (non-hydrogen) atoms. The molecule has 2 saturated heterocycles. The summed E-state index contributed by atoms with van der Waals surface area (Å²) < 4.78 is 0. The summed E-state index contributed by atoms with van der Waals surface area (Å²) in [5, 5.41) is 11.3. The molecule has 2 fully saturated rings. The lowest BCUT2D eigenvalue weighted by molar-refractivity contribution is 0.123. The fourth-order valence-electron chi connectivity index (χ4n) is 4.79. The Morgan fingerprint density at radius 2 is 1.75 bits per heavy atom. The molecule has 1 atom stereocenters. The minimum absolute atomic E-state index is 0.107. The number of benzene rings is 1. The molecule has 2 aliphatic rings. The number of urea groups is 1. The molecule has 0 aliphatic carbocycles. The molecule has 7 nitrogen and oxygen atoms in total. The maximum Gasteiger partial charge on any atom is 0.320 e. The van der Waals surface area contributed by atoms with Crippen LogP contribution < -0.4 is 4.90 Å². The molecule has 2 aromatic heterocycles. The Morgan fingerprint density at radius 3 is 2.50 bits per heavy atom. The number of likely N-dealkylation sites (tertiary alicyclic amines) is 1. The predicted octanol–water partition coefficient (Wildman–Crippen LogP) is 3.99. The molecule has 1 aromatic carbocycles. The van der Waals surface area contributed by atoms with Gasteiger partial charge in [-0.1, -0.05) is 24.3 Å². The fraction of sp³-hybridized carbons (Fsp3) is 0.400. The number of carbonyl (C=O) groups excluding carboxylic acids is 1. The lowest BCUT2D eigenvalue weighted by Crippen LogP contribution is -2.58. The van der Waals surface area contributed by atoms with E-state index in [1.54, 1.807) is 6.20 Å². The van der Waals surface area contributed by atoms with Crippen LogP contribution >= 0.6 is 0 Å². The van der Waals surface area contributed by atoms with E-state index in [9.17, 15) is 4.79 Å². The van der Waals surface area contributed by atoms with Crippen LogP contribution in [-0.2, 0) is 0 Å². The summed E-state index contributed by atoms with van der Waals surface area (Å²) in [6, 6.07) is 10.3. The quantitative estimate of drug-likeness (QED) is 0.616. The van der Waals surface area contributed by atoms with Crippen LogP contribution in [0, 0.1) is 6.92 Å². The Balaban J connectivity index is 1.40. The molecule has 1 radical (unpaired) electrons. The molecule has 2 amide bonds. The number of carbonyl (C=O) groups is 1. The summed E-state index contributed by atoms with van der Waals surface area (Å²) in [4.78, 5) is 23.7. The Labute approximate surface area is 189 Å². The van der Waals surface area contributed by atoms with Gasteiger partial charge in [-0.2, -0.15) is 0 Å². The van der Waals surface area contributed by atoms with Gasteiger partial charge in [0.25, 0.3) is 0 Å². The molecule has 0 bridgehead atoms. The molecule has 7 heteroatoms. The average Bonchev–Trinajstić information content (AvgIpc) is 2.84. The highest BCUT2D eigenvalue weighted by Crippen LogP contribution is 2.32. The lowest BCUT2D eigenvalue weighted by atomic mass is 10.0. The number of hydrogen-bond donors (Lipinski definition) is 0. The molecule has 165 valence electrons.